The van der Waals surface area contributed by atoms with Crippen molar-refractivity contribution in [2.45, 2.75) is 38.5 Å². The van der Waals surface area contributed by atoms with Crippen molar-refractivity contribution in [1.82, 2.24) is 24.5 Å². The van der Waals surface area contributed by atoms with Crippen molar-refractivity contribution in [3.63, 3.8) is 0 Å². The van der Waals surface area contributed by atoms with Crippen LogP contribution >= 0.6 is 22.9 Å². The zero-order valence-electron chi connectivity index (χ0n) is 18.8. The van der Waals surface area contributed by atoms with Gasteiger partial charge in [0.05, 0.1) is 10.4 Å². The summed E-state index contributed by atoms with van der Waals surface area (Å²) >= 11 is 8.01. The second kappa shape index (κ2) is 9.20. The van der Waals surface area contributed by atoms with Crippen LogP contribution in [0.1, 0.15) is 38.5 Å². The monoisotopic (exact) mass is 480 g/mol. The summed E-state index contributed by atoms with van der Waals surface area (Å²) in [5.41, 5.74) is 1.72. The van der Waals surface area contributed by atoms with Gasteiger partial charge in [0, 0.05) is 36.6 Å². The quantitative estimate of drug-likeness (QED) is 0.372. The van der Waals surface area contributed by atoms with Gasteiger partial charge in [-0.15, -0.1) is 21.5 Å². The SMILES string of the molecule is Clc1ccc2c(c1)nc(N1CCCN(CC3CCCCC3)CC1)n1c(-c3cccs3)nnc21. The van der Waals surface area contributed by atoms with Crippen LogP contribution in [0.4, 0.5) is 5.95 Å². The molecule has 4 aromatic rings. The van der Waals surface area contributed by atoms with Gasteiger partial charge in [0.2, 0.25) is 5.95 Å². The maximum atomic E-state index is 6.33. The molecule has 1 saturated carbocycles. The second-order valence-electron chi connectivity index (χ2n) is 9.38. The van der Waals surface area contributed by atoms with E-state index < -0.39 is 0 Å². The molecular weight excluding hydrogens is 452 g/mol. The smallest absolute Gasteiger partial charge is 0.213 e. The average Bonchev–Trinajstić information content (AvgIpc) is 3.46. The fraction of sp³-hybridized carbons (Fsp3) is 0.480. The molecule has 8 heteroatoms. The molecule has 0 spiro atoms. The van der Waals surface area contributed by atoms with Crippen molar-refractivity contribution in [2.24, 2.45) is 5.92 Å². The average molecular weight is 481 g/mol. The Morgan fingerprint density at radius 1 is 0.970 bits per heavy atom. The van der Waals surface area contributed by atoms with Crippen LogP contribution in [0.5, 0.6) is 0 Å². The summed E-state index contributed by atoms with van der Waals surface area (Å²) < 4.78 is 2.15. The number of fused-ring (bicyclic) bond motifs is 3. The maximum absolute atomic E-state index is 6.33. The minimum Gasteiger partial charge on any atom is -0.341 e. The molecule has 6 rings (SSSR count). The Balaban J connectivity index is 1.37. The fourth-order valence-corrected chi connectivity index (χ4v) is 6.32. The predicted molar refractivity (Wildman–Crippen MR) is 136 cm³/mol. The van der Waals surface area contributed by atoms with E-state index in [0.29, 0.717) is 5.02 Å². The largest absolute Gasteiger partial charge is 0.341 e. The Kier molecular flexibility index (Phi) is 5.94. The zero-order chi connectivity index (χ0) is 22.2. The highest BCUT2D eigenvalue weighted by Crippen LogP contribution is 2.32. The lowest BCUT2D eigenvalue weighted by atomic mass is 9.89. The normalized spacial score (nSPS) is 18.9. The summed E-state index contributed by atoms with van der Waals surface area (Å²) in [6.45, 7) is 5.43. The molecule has 0 unspecified atom stereocenters. The summed E-state index contributed by atoms with van der Waals surface area (Å²) in [6, 6.07) is 10.0. The molecule has 1 aliphatic carbocycles. The van der Waals surface area contributed by atoms with Crippen LogP contribution in [-0.4, -0.2) is 57.2 Å². The number of halogens is 1. The lowest BCUT2D eigenvalue weighted by Gasteiger charge is -2.29. The zero-order valence-corrected chi connectivity index (χ0v) is 20.4. The van der Waals surface area contributed by atoms with E-state index >= 15 is 0 Å². The van der Waals surface area contributed by atoms with Crippen molar-refractivity contribution >= 4 is 45.4 Å². The number of hydrogen-bond acceptors (Lipinski definition) is 6. The molecule has 0 amide bonds. The number of benzene rings is 1. The van der Waals surface area contributed by atoms with Gasteiger partial charge in [0.1, 0.15) is 0 Å². The van der Waals surface area contributed by atoms with E-state index in [9.17, 15) is 0 Å². The van der Waals surface area contributed by atoms with Crippen molar-refractivity contribution < 1.29 is 0 Å². The highest BCUT2D eigenvalue weighted by Gasteiger charge is 2.24. The van der Waals surface area contributed by atoms with Gasteiger partial charge < -0.3 is 9.80 Å². The summed E-state index contributed by atoms with van der Waals surface area (Å²) in [6.07, 6.45) is 8.18. The molecule has 172 valence electrons. The van der Waals surface area contributed by atoms with Gasteiger partial charge in [0.15, 0.2) is 11.5 Å². The van der Waals surface area contributed by atoms with E-state index in [-0.39, 0.29) is 0 Å². The first-order valence-electron chi connectivity index (χ1n) is 12.1. The van der Waals surface area contributed by atoms with Crippen LogP contribution in [0.15, 0.2) is 35.7 Å². The van der Waals surface area contributed by atoms with E-state index in [1.54, 1.807) is 11.3 Å². The molecular formula is C25H29ClN6S. The topological polar surface area (TPSA) is 49.6 Å². The number of rotatable bonds is 4. The molecule has 0 bridgehead atoms. The Morgan fingerprint density at radius 3 is 2.73 bits per heavy atom. The number of nitrogens with zero attached hydrogens (tertiary/aromatic N) is 6. The van der Waals surface area contributed by atoms with Crippen LogP contribution in [0.2, 0.25) is 5.02 Å². The summed E-state index contributed by atoms with van der Waals surface area (Å²) in [4.78, 5) is 11.3. The maximum Gasteiger partial charge on any atom is 0.213 e. The molecule has 2 aliphatic rings. The Morgan fingerprint density at radius 2 is 1.88 bits per heavy atom. The van der Waals surface area contributed by atoms with Crippen molar-refractivity contribution in [2.75, 3.05) is 37.6 Å². The third kappa shape index (κ3) is 4.22. The molecule has 4 heterocycles. The van der Waals surface area contributed by atoms with E-state index in [1.165, 1.54) is 38.6 Å². The van der Waals surface area contributed by atoms with Gasteiger partial charge in [-0.05, 0) is 61.4 Å². The molecule has 33 heavy (non-hydrogen) atoms. The fourth-order valence-electron chi connectivity index (χ4n) is 5.46. The molecule has 3 aromatic heterocycles. The molecule has 0 atom stereocenters. The van der Waals surface area contributed by atoms with Gasteiger partial charge in [0.25, 0.3) is 0 Å². The van der Waals surface area contributed by atoms with Gasteiger partial charge in [-0.2, -0.15) is 0 Å². The van der Waals surface area contributed by atoms with Crippen LogP contribution < -0.4 is 4.90 Å². The van der Waals surface area contributed by atoms with Crippen LogP contribution in [0, 0.1) is 5.92 Å². The first-order chi connectivity index (χ1) is 16.3. The third-order valence-electron chi connectivity index (χ3n) is 7.14. The molecule has 1 saturated heterocycles. The molecule has 1 aromatic carbocycles. The first kappa shape index (κ1) is 21.3. The standard InChI is InChI=1S/C25H29ClN6S/c26-19-9-10-20-21(16-19)27-25(32-23(20)28-29-24(32)22-8-4-15-33-22)31-12-5-11-30(13-14-31)17-18-6-2-1-3-7-18/h4,8-10,15-16,18H,1-3,5-7,11-14,17H2. The highest BCUT2D eigenvalue weighted by atomic mass is 35.5. The molecule has 0 radical (unpaired) electrons. The van der Waals surface area contributed by atoms with Crippen molar-refractivity contribution in [1.29, 1.82) is 0 Å². The minimum absolute atomic E-state index is 0.692. The van der Waals surface area contributed by atoms with E-state index in [4.69, 9.17) is 16.6 Å². The van der Waals surface area contributed by atoms with Crippen LogP contribution in [-0.2, 0) is 0 Å². The lowest BCUT2D eigenvalue weighted by molar-refractivity contribution is 0.211. The third-order valence-corrected chi connectivity index (χ3v) is 8.24. The minimum atomic E-state index is 0.692. The number of aromatic nitrogens is 4. The Labute approximate surface area is 203 Å². The van der Waals surface area contributed by atoms with Gasteiger partial charge >= 0.3 is 0 Å². The Hall–Kier alpha value is -2.22. The predicted octanol–water partition coefficient (Wildman–Crippen LogP) is 5.75. The summed E-state index contributed by atoms with van der Waals surface area (Å²) in [7, 11) is 0. The van der Waals surface area contributed by atoms with E-state index in [1.807, 2.05) is 18.2 Å². The molecule has 0 N–H and O–H groups in total. The first-order valence-corrected chi connectivity index (χ1v) is 13.4. The lowest BCUT2D eigenvalue weighted by Crippen LogP contribution is -2.35. The van der Waals surface area contributed by atoms with Crippen molar-refractivity contribution in [3.05, 3.63) is 40.7 Å². The van der Waals surface area contributed by atoms with Gasteiger partial charge in [-0.1, -0.05) is 36.9 Å². The summed E-state index contributed by atoms with van der Waals surface area (Å²) in [5, 5.41) is 13.0. The second-order valence-corrected chi connectivity index (χ2v) is 10.8. The molecule has 6 nitrogen and oxygen atoms in total. The van der Waals surface area contributed by atoms with Gasteiger partial charge in [-0.25, -0.2) is 9.38 Å². The van der Waals surface area contributed by atoms with Crippen molar-refractivity contribution in [3.8, 4) is 10.7 Å². The van der Waals surface area contributed by atoms with E-state index in [2.05, 4.69) is 41.9 Å². The highest BCUT2D eigenvalue weighted by molar-refractivity contribution is 7.13. The Bertz CT molecular complexity index is 1250. The van der Waals surface area contributed by atoms with Crippen LogP contribution in [0.25, 0.3) is 27.3 Å². The van der Waals surface area contributed by atoms with Crippen LogP contribution in [0.3, 0.4) is 0 Å². The van der Waals surface area contributed by atoms with E-state index in [0.717, 1.165) is 71.7 Å². The molecule has 2 fully saturated rings. The number of hydrogen-bond donors (Lipinski definition) is 0. The number of thiophene rings is 1. The summed E-state index contributed by atoms with van der Waals surface area (Å²) in [5.74, 6) is 2.66. The van der Waals surface area contributed by atoms with Gasteiger partial charge in [-0.3, -0.25) is 0 Å². The number of anilines is 1. The molecule has 1 aliphatic heterocycles.